The number of nitrogens with zero attached hydrogens (tertiary/aromatic N) is 4. The molecule has 0 radical (unpaired) electrons. The van der Waals surface area contributed by atoms with Gasteiger partial charge in [-0.3, -0.25) is 22.9 Å². The molecule has 2 aromatic heterocycles. The number of phosphoric acid groups is 1. The van der Waals surface area contributed by atoms with Gasteiger partial charge >= 0.3 is 13.8 Å². The molecule has 2 saturated heterocycles. The third kappa shape index (κ3) is 4.74. The fraction of sp³-hybridized carbons (Fsp3) is 0.684. The largest absolute Gasteiger partial charge is 0.476 e. The standard InChI is InChI=1S/C19H28N5O9P/c1-5-28-16-13-15(22-18(20)23-16)24(9-21-13)17-19(4,26)14-11(32-17)8-30-34(27,33-14)29-7-6-12(25)31-10(2)3/h9-11,14,17,26H,5-8H2,1-4H3,(H2,20,22,23)/t11-,14-,17-,19-,34?/m1/s1. The van der Waals surface area contributed by atoms with Gasteiger partial charge in [0.05, 0.1) is 38.7 Å². The highest BCUT2D eigenvalue weighted by Crippen LogP contribution is 2.58. The first-order chi connectivity index (χ1) is 16.0. The van der Waals surface area contributed by atoms with Crippen molar-refractivity contribution < 1.29 is 42.2 Å². The summed E-state index contributed by atoms with van der Waals surface area (Å²) in [5.74, 6) is -0.346. The second-order valence-corrected chi connectivity index (χ2v) is 9.91. The Morgan fingerprint density at radius 2 is 2.21 bits per heavy atom. The smallest absolute Gasteiger partial charge is 0.475 e. The zero-order valence-corrected chi connectivity index (χ0v) is 20.1. The molecule has 0 spiro atoms. The average molecular weight is 501 g/mol. The lowest BCUT2D eigenvalue weighted by Crippen LogP contribution is -2.47. The van der Waals surface area contributed by atoms with E-state index in [0.717, 1.165) is 0 Å². The highest BCUT2D eigenvalue weighted by Gasteiger charge is 2.60. The molecule has 0 bridgehead atoms. The first kappa shape index (κ1) is 24.8. The van der Waals surface area contributed by atoms with E-state index in [0.29, 0.717) is 12.1 Å². The minimum atomic E-state index is -4.07. The molecule has 2 aromatic rings. The third-order valence-electron chi connectivity index (χ3n) is 5.22. The Kier molecular flexibility index (Phi) is 6.82. The predicted octanol–water partition coefficient (Wildman–Crippen LogP) is 1.34. The van der Waals surface area contributed by atoms with Crippen molar-refractivity contribution in [2.45, 2.75) is 64.3 Å². The van der Waals surface area contributed by atoms with E-state index in [4.69, 9.17) is 33.5 Å². The molecule has 2 fully saturated rings. The zero-order chi connectivity index (χ0) is 24.7. The van der Waals surface area contributed by atoms with E-state index in [1.54, 1.807) is 20.8 Å². The summed E-state index contributed by atoms with van der Waals surface area (Å²) < 4.78 is 47.0. The minimum absolute atomic E-state index is 0.0405. The second kappa shape index (κ2) is 9.36. The Morgan fingerprint density at radius 1 is 1.44 bits per heavy atom. The van der Waals surface area contributed by atoms with Crippen molar-refractivity contribution in [3.8, 4) is 5.88 Å². The van der Waals surface area contributed by atoms with E-state index < -0.39 is 37.8 Å². The number of nitrogen functional groups attached to an aromatic ring is 1. The first-order valence-corrected chi connectivity index (χ1v) is 12.3. The van der Waals surface area contributed by atoms with Crippen LogP contribution in [0.4, 0.5) is 5.95 Å². The fourth-order valence-electron chi connectivity index (χ4n) is 3.82. The van der Waals surface area contributed by atoms with Crippen LogP contribution in [0.5, 0.6) is 5.88 Å². The van der Waals surface area contributed by atoms with Crippen LogP contribution in [-0.4, -0.2) is 74.3 Å². The molecule has 0 aliphatic carbocycles. The summed E-state index contributed by atoms with van der Waals surface area (Å²) in [6, 6.07) is 0. The van der Waals surface area contributed by atoms with Crippen LogP contribution < -0.4 is 10.5 Å². The number of ether oxygens (including phenoxy) is 3. The maximum atomic E-state index is 13.0. The van der Waals surface area contributed by atoms with Crippen molar-refractivity contribution in [2.75, 3.05) is 25.6 Å². The highest BCUT2D eigenvalue weighted by atomic mass is 31.2. The number of aromatic nitrogens is 4. The van der Waals surface area contributed by atoms with Crippen LogP contribution in [-0.2, 0) is 32.4 Å². The number of hydrogen-bond acceptors (Lipinski definition) is 13. The van der Waals surface area contributed by atoms with Gasteiger partial charge in [0.15, 0.2) is 17.4 Å². The Balaban J connectivity index is 1.51. The number of carbonyl (C=O) groups excluding carboxylic acids is 1. The molecule has 4 heterocycles. The van der Waals surface area contributed by atoms with E-state index in [-0.39, 0.29) is 43.2 Å². The molecule has 2 aliphatic heterocycles. The number of nitrogens with two attached hydrogens (primary N) is 1. The van der Waals surface area contributed by atoms with Gasteiger partial charge in [-0.2, -0.15) is 9.97 Å². The molecule has 0 aromatic carbocycles. The van der Waals surface area contributed by atoms with Gasteiger partial charge in [-0.05, 0) is 27.7 Å². The summed E-state index contributed by atoms with van der Waals surface area (Å²) in [7, 11) is -4.07. The van der Waals surface area contributed by atoms with Gasteiger partial charge in [0.25, 0.3) is 0 Å². The number of anilines is 1. The van der Waals surface area contributed by atoms with Gasteiger partial charge in [0, 0.05) is 0 Å². The normalized spacial score (nSPS) is 31.1. The van der Waals surface area contributed by atoms with Crippen LogP contribution in [0.15, 0.2) is 6.33 Å². The molecule has 0 saturated carbocycles. The average Bonchev–Trinajstić information content (AvgIpc) is 3.26. The molecule has 1 unspecified atom stereocenters. The monoisotopic (exact) mass is 501 g/mol. The minimum Gasteiger partial charge on any atom is -0.476 e. The molecule has 3 N–H and O–H groups in total. The highest BCUT2D eigenvalue weighted by molar-refractivity contribution is 7.48. The lowest BCUT2D eigenvalue weighted by atomic mass is 9.96. The van der Waals surface area contributed by atoms with Crippen LogP contribution in [0.25, 0.3) is 11.2 Å². The molecule has 4 rings (SSSR count). The maximum Gasteiger partial charge on any atom is 0.475 e. The van der Waals surface area contributed by atoms with Crippen molar-refractivity contribution in [3.05, 3.63) is 6.33 Å². The predicted molar refractivity (Wildman–Crippen MR) is 116 cm³/mol. The summed E-state index contributed by atoms with van der Waals surface area (Å²) in [5.41, 5.74) is 4.75. The third-order valence-corrected chi connectivity index (χ3v) is 6.67. The summed E-state index contributed by atoms with van der Waals surface area (Å²) in [4.78, 5) is 24.2. The first-order valence-electron chi connectivity index (χ1n) is 10.8. The number of imidazole rings is 1. The van der Waals surface area contributed by atoms with E-state index in [2.05, 4.69) is 15.0 Å². The lowest BCUT2D eigenvalue weighted by Gasteiger charge is -2.34. The number of fused-ring (bicyclic) bond motifs is 2. The van der Waals surface area contributed by atoms with Gasteiger partial charge in [-0.1, -0.05) is 0 Å². The molecule has 2 aliphatic rings. The number of phosphoric ester groups is 1. The second-order valence-electron chi connectivity index (χ2n) is 8.29. The fourth-order valence-corrected chi connectivity index (χ4v) is 5.29. The van der Waals surface area contributed by atoms with Crippen LogP contribution >= 0.6 is 7.82 Å². The summed E-state index contributed by atoms with van der Waals surface area (Å²) in [6.45, 7) is 6.63. The Bertz CT molecular complexity index is 1110. The number of hydrogen-bond donors (Lipinski definition) is 2. The SMILES string of the molecule is CCOc1nc(N)nc2c1ncn2[C@@H]1O[C@@H]2COP(=O)(OCCC(=O)OC(C)C)O[C@H]2[C@@]1(C)O. The number of carbonyl (C=O) groups is 1. The molecular weight excluding hydrogens is 473 g/mol. The summed E-state index contributed by atoms with van der Waals surface area (Å²) in [6.07, 6.45) is -1.87. The summed E-state index contributed by atoms with van der Waals surface area (Å²) >= 11 is 0. The van der Waals surface area contributed by atoms with E-state index >= 15 is 0 Å². The van der Waals surface area contributed by atoms with Crippen molar-refractivity contribution in [3.63, 3.8) is 0 Å². The van der Waals surface area contributed by atoms with Crippen molar-refractivity contribution in [2.24, 2.45) is 0 Å². The number of esters is 1. The summed E-state index contributed by atoms with van der Waals surface area (Å²) in [5, 5.41) is 11.4. The topological polar surface area (TPSA) is 179 Å². The Labute approximate surface area is 195 Å². The quantitative estimate of drug-likeness (QED) is 0.391. The number of aliphatic hydroxyl groups is 1. The van der Waals surface area contributed by atoms with Crippen molar-refractivity contribution in [1.29, 1.82) is 0 Å². The van der Waals surface area contributed by atoms with Gasteiger partial charge in [0.1, 0.15) is 17.8 Å². The van der Waals surface area contributed by atoms with Crippen molar-refractivity contribution >= 4 is 30.9 Å². The van der Waals surface area contributed by atoms with Gasteiger partial charge in [-0.15, -0.1) is 0 Å². The number of rotatable bonds is 8. The molecular formula is C19H28N5O9P. The van der Waals surface area contributed by atoms with E-state index in [1.807, 2.05) is 0 Å². The lowest BCUT2D eigenvalue weighted by molar-refractivity contribution is -0.148. The van der Waals surface area contributed by atoms with Crippen LogP contribution in [0, 0.1) is 0 Å². The van der Waals surface area contributed by atoms with Gasteiger partial charge in [-0.25, -0.2) is 9.55 Å². The van der Waals surface area contributed by atoms with E-state index in [9.17, 15) is 14.5 Å². The van der Waals surface area contributed by atoms with Crippen LogP contribution in [0.2, 0.25) is 0 Å². The Hall–Kier alpha value is -2.35. The molecule has 0 amide bonds. The molecule has 15 heteroatoms. The maximum absolute atomic E-state index is 13.0. The van der Waals surface area contributed by atoms with Gasteiger partial charge < -0.3 is 25.1 Å². The van der Waals surface area contributed by atoms with E-state index in [1.165, 1.54) is 17.8 Å². The van der Waals surface area contributed by atoms with Crippen molar-refractivity contribution in [1.82, 2.24) is 19.5 Å². The zero-order valence-electron chi connectivity index (χ0n) is 19.2. The van der Waals surface area contributed by atoms with Crippen LogP contribution in [0.1, 0.15) is 40.3 Å². The molecule has 14 nitrogen and oxygen atoms in total. The molecule has 5 atom stereocenters. The van der Waals surface area contributed by atoms with Crippen LogP contribution in [0.3, 0.4) is 0 Å². The molecule has 188 valence electrons. The Morgan fingerprint density at radius 3 is 2.91 bits per heavy atom. The molecule has 34 heavy (non-hydrogen) atoms. The van der Waals surface area contributed by atoms with Gasteiger partial charge in [0.2, 0.25) is 11.8 Å².